The van der Waals surface area contributed by atoms with E-state index in [1.165, 1.54) is 6.07 Å². The zero-order valence-corrected chi connectivity index (χ0v) is 12.3. The van der Waals surface area contributed by atoms with Crippen LogP contribution in [0.4, 0.5) is 8.78 Å². The van der Waals surface area contributed by atoms with Crippen LogP contribution >= 0.6 is 0 Å². The van der Waals surface area contributed by atoms with Crippen molar-refractivity contribution in [1.29, 1.82) is 0 Å². The number of aliphatic carboxylic acids is 1. The number of carboxylic acids is 1. The highest BCUT2D eigenvalue weighted by Crippen LogP contribution is 2.28. The van der Waals surface area contributed by atoms with Gasteiger partial charge >= 0.3 is 5.97 Å². The molecule has 118 valence electrons. The van der Waals surface area contributed by atoms with Crippen LogP contribution in [0.25, 0.3) is 10.9 Å². The van der Waals surface area contributed by atoms with E-state index in [2.05, 4.69) is 10.1 Å². The number of fused-ring (bicyclic) bond motifs is 1. The average Bonchev–Trinajstić information content (AvgIpc) is 2.39. The molecule has 0 aromatic carbocycles. The van der Waals surface area contributed by atoms with E-state index in [1.54, 1.807) is 13.8 Å². The highest BCUT2D eigenvalue weighted by Gasteiger charge is 2.27. The molecule has 2 aromatic rings. The minimum atomic E-state index is -3.14. The van der Waals surface area contributed by atoms with Gasteiger partial charge in [0.1, 0.15) is 12.2 Å². The number of halogens is 2. The Bertz CT molecular complexity index is 794. The summed E-state index contributed by atoms with van der Waals surface area (Å²) >= 11 is 0. The Morgan fingerprint density at radius 2 is 2.05 bits per heavy atom. The maximum atomic E-state index is 13.4. The Morgan fingerprint density at radius 3 is 2.55 bits per heavy atom. The van der Waals surface area contributed by atoms with Crippen LogP contribution in [-0.2, 0) is 17.3 Å². The number of hydrogen-bond donors (Lipinski definition) is 1. The van der Waals surface area contributed by atoms with Crippen molar-refractivity contribution >= 4 is 16.9 Å². The lowest BCUT2D eigenvalue weighted by Crippen LogP contribution is -2.29. The van der Waals surface area contributed by atoms with Gasteiger partial charge in [-0.15, -0.1) is 0 Å². The summed E-state index contributed by atoms with van der Waals surface area (Å²) in [7, 11) is 0. The van der Waals surface area contributed by atoms with Gasteiger partial charge in [-0.25, -0.2) is 9.67 Å². The van der Waals surface area contributed by atoms with Gasteiger partial charge in [-0.3, -0.25) is 9.59 Å². The van der Waals surface area contributed by atoms with Crippen LogP contribution in [0, 0.1) is 0 Å². The number of nitrogens with zero attached hydrogens (tertiary/aromatic N) is 3. The number of carbonyl (C=O) groups is 1. The standard InChI is InChI=1S/C14H15F2N3O3/c1-7(2)11-12-8(4-5-9(17-12)14(3,15)16)13(22)19(18-11)6-10(20)21/h4-5,7H,6H2,1-3H3,(H,20,21). The smallest absolute Gasteiger partial charge is 0.325 e. The fourth-order valence-electron chi connectivity index (χ4n) is 2.06. The van der Waals surface area contributed by atoms with Crippen LogP contribution in [0.1, 0.15) is 38.1 Å². The topological polar surface area (TPSA) is 85.1 Å². The zero-order valence-electron chi connectivity index (χ0n) is 12.3. The van der Waals surface area contributed by atoms with E-state index < -0.39 is 29.7 Å². The molecule has 0 unspecified atom stereocenters. The third-order valence-electron chi connectivity index (χ3n) is 3.11. The molecular weight excluding hydrogens is 296 g/mol. The second kappa shape index (κ2) is 5.43. The lowest BCUT2D eigenvalue weighted by Gasteiger charge is -2.14. The van der Waals surface area contributed by atoms with Gasteiger partial charge in [0, 0.05) is 6.92 Å². The summed E-state index contributed by atoms with van der Waals surface area (Å²) in [6, 6.07) is 2.31. The Morgan fingerprint density at radius 1 is 1.41 bits per heavy atom. The number of pyridine rings is 1. The van der Waals surface area contributed by atoms with Crippen molar-refractivity contribution in [2.75, 3.05) is 0 Å². The third-order valence-corrected chi connectivity index (χ3v) is 3.11. The number of carboxylic acid groups (broad SMARTS) is 1. The molecule has 0 fully saturated rings. The first-order valence-corrected chi connectivity index (χ1v) is 6.63. The molecule has 2 heterocycles. The Balaban J connectivity index is 2.81. The van der Waals surface area contributed by atoms with E-state index in [0.717, 1.165) is 17.7 Å². The maximum absolute atomic E-state index is 13.4. The molecule has 0 radical (unpaired) electrons. The predicted octanol–water partition coefficient (Wildman–Crippen LogP) is 2.11. The van der Waals surface area contributed by atoms with Crippen molar-refractivity contribution in [3.05, 3.63) is 33.9 Å². The first-order chi connectivity index (χ1) is 10.1. The Labute approximate surface area is 124 Å². The van der Waals surface area contributed by atoms with Crippen molar-refractivity contribution in [2.45, 2.75) is 39.2 Å². The number of hydrogen-bond acceptors (Lipinski definition) is 4. The Kier molecular flexibility index (Phi) is 3.95. The van der Waals surface area contributed by atoms with Crippen molar-refractivity contribution < 1.29 is 18.7 Å². The monoisotopic (exact) mass is 311 g/mol. The molecule has 2 rings (SSSR count). The molecule has 0 aliphatic rings. The quantitative estimate of drug-likeness (QED) is 0.934. The number of rotatable bonds is 4. The average molecular weight is 311 g/mol. The zero-order chi connectivity index (χ0) is 16.7. The van der Waals surface area contributed by atoms with Gasteiger partial charge in [-0.1, -0.05) is 13.8 Å². The van der Waals surface area contributed by atoms with Gasteiger partial charge in [0.05, 0.1) is 16.6 Å². The summed E-state index contributed by atoms with van der Waals surface area (Å²) in [4.78, 5) is 26.9. The summed E-state index contributed by atoms with van der Waals surface area (Å²) in [6.07, 6.45) is 0. The summed E-state index contributed by atoms with van der Waals surface area (Å²) in [5.74, 6) is -4.57. The van der Waals surface area contributed by atoms with Gasteiger partial charge in [0.2, 0.25) is 0 Å². The lowest BCUT2D eigenvalue weighted by molar-refractivity contribution is -0.138. The summed E-state index contributed by atoms with van der Waals surface area (Å²) in [5.41, 5.74) is -0.734. The lowest BCUT2D eigenvalue weighted by atomic mass is 10.1. The van der Waals surface area contributed by atoms with Gasteiger partial charge in [0.25, 0.3) is 11.5 Å². The van der Waals surface area contributed by atoms with Gasteiger partial charge in [0.15, 0.2) is 0 Å². The van der Waals surface area contributed by atoms with Crippen molar-refractivity contribution in [1.82, 2.24) is 14.8 Å². The van der Waals surface area contributed by atoms with Crippen molar-refractivity contribution in [3.63, 3.8) is 0 Å². The summed E-state index contributed by atoms with van der Waals surface area (Å²) < 4.78 is 27.7. The molecule has 22 heavy (non-hydrogen) atoms. The van der Waals surface area contributed by atoms with Crippen molar-refractivity contribution in [2.24, 2.45) is 0 Å². The molecule has 0 aliphatic carbocycles. The van der Waals surface area contributed by atoms with E-state index in [0.29, 0.717) is 5.69 Å². The highest BCUT2D eigenvalue weighted by atomic mass is 19.3. The Hall–Kier alpha value is -2.38. The van der Waals surface area contributed by atoms with Crippen LogP contribution in [-0.4, -0.2) is 25.8 Å². The molecule has 1 N–H and O–H groups in total. The van der Waals surface area contributed by atoms with Crippen LogP contribution in [0.15, 0.2) is 16.9 Å². The van der Waals surface area contributed by atoms with Gasteiger partial charge < -0.3 is 5.11 Å². The van der Waals surface area contributed by atoms with E-state index >= 15 is 0 Å². The van der Waals surface area contributed by atoms with E-state index in [4.69, 9.17) is 5.11 Å². The van der Waals surface area contributed by atoms with Crippen LogP contribution < -0.4 is 5.56 Å². The largest absolute Gasteiger partial charge is 0.480 e. The number of alkyl halides is 2. The van der Waals surface area contributed by atoms with E-state index in [-0.39, 0.29) is 16.8 Å². The minimum Gasteiger partial charge on any atom is -0.480 e. The molecule has 0 aliphatic heterocycles. The van der Waals surface area contributed by atoms with Gasteiger partial charge in [-0.2, -0.15) is 13.9 Å². The molecule has 0 amide bonds. The molecule has 2 aromatic heterocycles. The molecule has 8 heteroatoms. The van der Waals surface area contributed by atoms with Crippen LogP contribution in [0.2, 0.25) is 0 Å². The summed E-state index contributed by atoms with van der Waals surface area (Å²) in [6.45, 7) is 3.64. The molecule has 0 bridgehead atoms. The molecule has 0 atom stereocenters. The number of aromatic nitrogens is 3. The third kappa shape index (κ3) is 2.95. The van der Waals surface area contributed by atoms with E-state index in [9.17, 15) is 18.4 Å². The van der Waals surface area contributed by atoms with Crippen LogP contribution in [0.5, 0.6) is 0 Å². The molecule has 6 nitrogen and oxygen atoms in total. The molecule has 0 saturated heterocycles. The second-order valence-electron chi connectivity index (χ2n) is 5.38. The second-order valence-corrected chi connectivity index (χ2v) is 5.38. The molecular formula is C14H15F2N3O3. The SMILES string of the molecule is CC(C)c1nn(CC(=O)O)c(=O)c2ccc(C(C)(F)F)nc12. The summed E-state index contributed by atoms with van der Waals surface area (Å²) in [5, 5.41) is 12.9. The predicted molar refractivity (Wildman–Crippen MR) is 75.1 cm³/mol. The first-order valence-electron chi connectivity index (χ1n) is 6.63. The van der Waals surface area contributed by atoms with Crippen LogP contribution in [0.3, 0.4) is 0 Å². The normalized spacial score (nSPS) is 12.1. The van der Waals surface area contributed by atoms with Gasteiger partial charge in [-0.05, 0) is 18.1 Å². The first kappa shape index (κ1) is 16.0. The van der Waals surface area contributed by atoms with E-state index in [1.807, 2.05) is 0 Å². The van der Waals surface area contributed by atoms with Crippen molar-refractivity contribution in [3.8, 4) is 0 Å². The molecule has 0 saturated carbocycles. The fraction of sp³-hybridized carbons (Fsp3) is 0.429. The minimum absolute atomic E-state index is 0.0768. The maximum Gasteiger partial charge on any atom is 0.325 e. The highest BCUT2D eigenvalue weighted by molar-refractivity contribution is 5.80. The fourth-order valence-corrected chi connectivity index (χ4v) is 2.06. The molecule has 0 spiro atoms.